The number of hydrogen-bond donors (Lipinski definition) is 1. The van der Waals surface area contributed by atoms with Crippen molar-refractivity contribution in [1.82, 2.24) is 10.3 Å². The Labute approximate surface area is 149 Å². The molecule has 26 heavy (non-hydrogen) atoms. The van der Waals surface area contributed by atoms with Crippen molar-refractivity contribution in [3.63, 3.8) is 0 Å². The fourth-order valence-electron chi connectivity index (χ4n) is 2.22. The summed E-state index contributed by atoms with van der Waals surface area (Å²) >= 11 is 0. The average Bonchev–Trinajstić information content (AvgIpc) is 2.54. The summed E-state index contributed by atoms with van der Waals surface area (Å²) in [5.74, 6) is -1.83. The highest BCUT2D eigenvalue weighted by atomic mass is 19.1. The zero-order valence-electron chi connectivity index (χ0n) is 14.6. The second-order valence-corrected chi connectivity index (χ2v) is 6.39. The van der Waals surface area contributed by atoms with Crippen LogP contribution in [0.1, 0.15) is 38.1 Å². The molecule has 0 aliphatic carbocycles. The number of nitrogens with zero attached hydrogens (tertiary/aromatic N) is 1. The summed E-state index contributed by atoms with van der Waals surface area (Å²) in [6.07, 6.45) is 0.524. The van der Waals surface area contributed by atoms with Crippen molar-refractivity contribution in [2.75, 3.05) is 6.86 Å². The molecule has 1 atom stereocenters. The molecule has 5 nitrogen and oxygen atoms in total. The van der Waals surface area contributed by atoms with Gasteiger partial charge in [0.2, 0.25) is 6.86 Å². The van der Waals surface area contributed by atoms with E-state index in [0.29, 0.717) is 0 Å². The summed E-state index contributed by atoms with van der Waals surface area (Å²) in [4.78, 5) is 16.1. The lowest BCUT2D eigenvalue weighted by molar-refractivity contribution is 0.0510. The molecule has 1 N–H and O–H groups in total. The Morgan fingerprint density at radius 3 is 2.54 bits per heavy atom. The average molecular weight is 368 g/mol. The molecule has 0 aliphatic rings. The maximum Gasteiger partial charge on any atom is 0.408 e. The molecule has 0 fully saturated rings. The number of halogens is 3. The molecule has 0 saturated heterocycles. The van der Waals surface area contributed by atoms with Crippen LogP contribution in [0, 0.1) is 11.6 Å². The van der Waals surface area contributed by atoms with E-state index in [1.807, 2.05) is 0 Å². The Hall–Kier alpha value is -2.77. The minimum atomic E-state index is -1.19. The van der Waals surface area contributed by atoms with Gasteiger partial charge in [-0.3, -0.25) is 4.98 Å². The fourth-order valence-corrected chi connectivity index (χ4v) is 2.22. The predicted molar refractivity (Wildman–Crippen MR) is 88.4 cm³/mol. The zero-order valence-corrected chi connectivity index (χ0v) is 14.6. The van der Waals surface area contributed by atoms with E-state index in [-0.39, 0.29) is 17.0 Å². The molecule has 1 aromatic heterocycles. The van der Waals surface area contributed by atoms with E-state index >= 15 is 0 Å². The Morgan fingerprint density at radius 1 is 1.23 bits per heavy atom. The maximum absolute atomic E-state index is 14.2. The van der Waals surface area contributed by atoms with E-state index in [4.69, 9.17) is 4.74 Å². The highest BCUT2D eigenvalue weighted by Gasteiger charge is 2.25. The first-order valence-corrected chi connectivity index (χ1v) is 7.79. The molecule has 0 aliphatic heterocycles. The van der Waals surface area contributed by atoms with E-state index in [1.165, 1.54) is 30.5 Å². The van der Waals surface area contributed by atoms with E-state index in [1.54, 1.807) is 20.8 Å². The van der Waals surface area contributed by atoms with Crippen molar-refractivity contribution in [2.45, 2.75) is 32.4 Å². The van der Waals surface area contributed by atoms with E-state index in [2.05, 4.69) is 15.0 Å². The number of amides is 1. The van der Waals surface area contributed by atoms with Crippen molar-refractivity contribution in [3.8, 4) is 5.75 Å². The first kappa shape index (κ1) is 19.6. The molecule has 140 valence electrons. The molecule has 0 saturated carbocycles. The molecule has 0 unspecified atom stereocenters. The summed E-state index contributed by atoms with van der Waals surface area (Å²) < 4.78 is 50.2. The molecular formula is C18H19F3N2O3. The summed E-state index contributed by atoms with van der Waals surface area (Å²) in [5.41, 5.74) is -0.699. The van der Waals surface area contributed by atoms with Gasteiger partial charge in [0.15, 0.2) is 11.6 Å². The van der Waals surface area contributed by atoms with E-state index < -0.39 is 36.2 Å². The standard InChI is InChI=1S/C18H19F3N2O3/c1-18(2,3)26-17(24)23-15(16-12(20)5-4-8-22-16)11-6-7-14(25-10-19)13(21)9-11/h4-9,15H,10H2,1-3H3,(H,23,24)/t15-/m0/s1. The molecule has 8 heteroatoms. The summed E-state index contributed by atoms with van der Waals surface area (Å²) in [5, 5.41) is 2.48. The minimum Gasteiger partial charge on any atom is -0.460 e. The maximum atomic E-state index is 14.2. The molecule has 1 aromatic carbocycles. The lowest BCUT2D eigenvalue weighted by Crippen LogP contribution is -2.36. The molecule has 0 spiro atoms. The second kappa shape index (κ2) is 8.07. The third-order valence-electron chi connectivity index (χ3n) is 3.22. The van der Waals surface area contributed by atoms with Crippen molar-refractivity contribution < 1.29 is 27.4 Å². The zero-order chi connectivity index (χ0) is 19.3. The quantitative estimate of drug-likeness (QED) is 0.856. The highest BCUT2D eigenvalue weighted by molar-refractivity contribution is 5.69. The monoisotopic (exact) mass is 368 g/mol. The van der Waals surface area contributed by atoms with Gasteiger partial charge in [0, 0.05) is 6.20 Å². The van der Waals surface area contributed by atoms with Crippen LogP contribution < -0.4 is 10.1 Å². The SMILES string of the molecule is CC(C)(C)OC(=O)N[C@@H](c1ccc(OCF)c(F)c1)c1ncccc1F. The van der Waals surface area contributed by atoms with E-state index in [0.717, 1.165) is 6.07 Å². The Bertz CT molecular complexity index is 779. The highest BCUT2D eigenvalue weighted by Crippen LogP contribution is 2.27. The smallest absolute Gasteiger partial charge is 0.408 e. The molecule has 2 aromatic rings. The number of ether oxygens (including phenoxy) is 2. The largest absolute Gasteiger partial charge is 0.460 e. The Balaban J connectivity index is 2.39. The van der Waals surface area contributed by atoms with Gasteiger partial charge in [-0.05, 0) is 50.6 Å². The topological polar surface area (TPSA) is 60.5 Å². The minimum absolute atomic E-state index is 0.114. The number of aromatic nitrogens is 1. The lowest BCUT2D eigenvalue weighted by Gasteiger charge is -2.24. The predicted octanol–water partition coefficient (Wildman–Crippen LogP) is 4.28. The molecule has 1 amide bonds. The van der Waals surface area contributed by atoms with Gasteiger partial charge in [0.1, 0.15) is 23.2 Å². The van der Waals surface area contributed by atoms with Gasteiger partial charge < -0.3 is 14.8 Å². The normalized spacial score (nSPS) is 12.4. The van der Waals surface area contributed by atoms with Crippen molar-refractivity contribution in [1.29, 1.82) is 0 Å². The third kappa shape index (κ3) is 5.11. The summed E-state index contributed by atoms with van der Waals surface area (Å²) in [6.45, 7) is 3.83. The van der Waals surface area contributed by atoms with Crippen LogP contribution in [0.25, 0.3) is 0 Å². The molecule has 2 rings (SSSR count). The number of alkyl halides is 1. The third-order valence-corrected chi connectivity index (χ3v) is 3.22. The van der Waals surface area contributed by atoms with Crippen LogP contribution in [0.15, 0.2) is 36.5 Å². The number of rotatable bonds is 5. The Kier molecular flexibility index (Phi) is 6.07. The van der Waals surface area contributed by atoms with Gasteiger partial charge in [0.25, 0.3) is 0 Å². The molecule has 0 bridgehead atoms. The fraction of sp³-hybridized carbons (Fsp3) is 0.333. The molecular weight excluding hydrogens is 349 g/mol. The van der Waals surface area contributed by atoms with Crippen LogP contribution >= 0.6 is 0 Å². The van der Waals surface area contributed by atoms with Crippen LogP contribution in [0.5, 0.6) is 5.75 Å². The van der Waals surface area contributed by atoms with Gasteiger partial charge in [-0.25, -0.2) is 18.0 Å². The van der Waals surface area contributed by atoms with Crippen LogP contribution in [-0.4, -0.2) is 23.5 Å². The van der Waals surface area contributed by atoms with Crippen LogP contribution in [0.2, 0.25) is 0 Å². The van der Waals surface area contributed by atoms with Gasteiger partial charge in [0.05, 0.1) is 0 Å². The van der Waals surface area contributed by atoms with Crippen LogP contribution in [0.4, 0.5) is 18.0 Å². The van der Waals surface area contributed by atoms with Crippen LogP contribution in [0.3, 0.4) is 0 Å². The number of carbonyl (C=O) groups excluding carboxylic acids is 1. The van der Waals surface area contributed by atoms with Gasteiger partial charge in [-0.1, -0.05) is 6.07 Å². The summed E-state index contributed by atoms with van der Waals surface area (Å²) in [6, 6.07) is 5.03. The van der Waals surface area contributed by atoms with Crippen molar-refractivity contribution in [3.05, 3.63) is 59.4 Å². The number of nitrogens with one attached hydrogen (secondary N) is 1. The van der Waals surface area contributed by atoms with Crippen molar-refractivity contribution >= 4 is 6.09 Å². The lowest BCUT2D eigenvalue weighted by atomic mass is 10.0. The molecule has 1 heterocycles. The summed E-state index contributed by atoms with van der Waals surface area (Å²) in [7, 11) is 0. The second-order valence-electron chi connectivity index (χ2n) is 6.39. The van der Waals surface area contributed by atoms with Crippen molar-refractivity contribution in [2.24, 2.45) is 0 Å². The first-order chi connectivity index (χ1) is 12.2. The number of alkyl carbamates (subject to hydrolysis) is 1. The Morgan fingerprint density at radius 2 is 1.96 bits per heavy atom. The van der Waals surface area contributed by atoms with Gasteiger partial charge in [-0.15, -0.1) is 0 Å². The number of pyridine rings is 1. The first-order valence-electron chi connectivity index (χ1n) is 7.79. The van der Waals surface area contributed by atoms with Gasteiger partial charge >= 0.3 is 6.09 Å². The number of benzene rings is 1. The van der Waals surface area contributed by atoms with Crippen LogP contribution in [-0.2, 0) is 4.74 Å². The number of carbonyl (C=O) groups is 1. The molecule has 0 radical (unpaired) electrons. The number of hydrogen-bond acceptors (Lipinski definition) is 4. The van der Waals surface area contributed by atoms with E-state index in [9.17, 15) is 18.0 Å². The van der Waals surface area contributed by atoms with Gasteiger partial charge in [-0.2, -0.15) is 0 Å².